The van der Waals surface area contributed by atoms with Crippen LogP contribution in [0, 0.1) is 0 Å². The third kappa shape index (κ3) is 5.23. The monoisotopic (exact) mass is 465 g/mol. The maximum Gasteiger partial charge on any atom is 0.332 e. The molecule has 0 spiro atoms. The predicted molar refractivity (Wildman–Crippen MR) is 125 cm³/mol. The normalized spacial score (nSPS) is 10.9. The SMILES string of the molecule is COc1cc(/C=C/C(=O)OCC(=O)c2c(N)n(Cc3ccccc3)c(=O)n(C)c2=O)ccc1O. The molecule has 0 aliphatic rings. The molecule has 10 nitrogen and oxygen atoms in total. The van der Waals surface area contributed by atoms with Gasteiger partial charge in [0.25, 0.3) is 5.56 Å². The van der Waals surface area contributed by atoms with Crippen LogP contribution in [0.2, 0.25) is 0 Å². The number of nitrogens with zero attached hydrogens (tertiary/aromatic N) is 2. The van der Waals surface area contributed by atoms with Crippen molar-refractivity contribution in [3.63, 3.8) is 0 Å². The number of methoxy groups -OCH3 is 1. The Morgan fingerprint density at radius 3 is 2.50 bits per heavy atom. The molecule has 10 heteroatoms. The lowest BCUT2D eigenvalue weighted by Crippen LogP contribution is -2.43. The number of esters is 1. The first-order valence-electron chi connectivity index (χ1n) is 10.1. The van der Waals surface area contributed by atoms with Gasteiger partial charge in [0, 0.05) is 13.1 Å². The summed E-state index contributed by atoms with van der Waals surface area (Å²) in [4.78, 5) is 49.9. The Kier molecular flexibility index (Phi) is 7.32. The van der Waals surface area contributed by atoms with Crippen LogP contribution in [0.25, 0.3) is 6.08 Å². The van der Waals surface area contributed by atoms with Crippen molar-refractivity contribution in [2.45, 2.75) is 6.54 Å². The molecule has 3 aromatic rings. The summed E-state index contributed by atoms with van der Waals surface area (Å²) in [6.45, 7) is -0.691. The molecule has 0 saturated carbocycles. The lowest BCUT2D eigenvalue weighted by molar-refractivity contribution is -0.136. The van der Waals surface area contributed by atoms with Crippen LogP contribution >= 0.6 is 0 Å². The van der Waals surface area contributed by atoms with E-state index in [0.717, 1.165) is 20.8 Å². The van der Waals surface area contributed by atoms with Gasteiger partial charge in [-0.3, -0.25) is 18.7 Å². The molecule has 34 heavy (non-hydrogen) atoms. The maximum atomic E-state index is 12.7. The number of carbonyl (C=O) groups excluding carboxylic acids is 2. The number of ketones is 1. The number of hydrogen-bond acceptors (Lipinski definition) is 8. The zero-order chi connectivity index (χ0) is 24.8. The fourth-order valence-corrected chi connectivity index (χ4v) is 3.18. The summed E-state index contributed by atoms with van der Waals surface area (Å²) in [5.74, 6) is -1.81. The highest BCUT2D eigenvalue weighted by atomic mass is 16.5. The van der Waals surface area contributed by atoms with Gasteiger partial charge in [-0.1, -0.05) is 36.4 Å². The number of aromatic nitrogens is 2. The number of rotatable bonds is 8. The number of Topliss-reactive ketones (excluding diaryl/α,β-unsaturated/α-hetero) is 1. The van der Waals surface area contributed by atoms with Crippen molar-refractivity contribution in [2.24, 2.45) is 7.05 Å². The van der Waals surface area contributed by atoms with Crippen LogP contribution < -0.4 is 21.7 Å². The van der Waals surface area contributed by atoms with Crippen LogP contribution in [-0.4, -0.2) is 39.7 Å². The van der Waals surface area contributed by atoms with E-state index >= 15 is 0 Å². The molecule has 1 heterocycles. The molecular formula is C24H23N3O7. The number of phenols is 1. The van der Waals surface area contributed by atoms with E-state index in [0.29, 0.717) is 5.56 Å². The number of ether oxygens (including phenoxy) is 2. The minimum Gasteiger partial charge on any atom is -0.504 e. The fraction of sp³-hybridized carbons (Fsp3) is 0.167. The molecule has 1 aromatic heterocycles. The Hall–Kier alpha value is -4.60. The standard InChI is InChI=1S/C24H23N3O7/c1-26-23(31)21(22(25)27(24(26)32)13-16-6-4-3-5-7-16)18(29)14-34-20(30)11-9-15-8-10-17(28)19(12-15)33-2/h3-12,28H,13-14,25H2,1-2H3/b11-9+. The van der Waals surface area contributed by atoms with Gasteiger partial charge in [-0.2, -0.15) is 0 Å². The molecule has 0 radical (unpaired) electrons. The highest BCUT2D eigenvalue weighted by molar-refractivity contribution is 6.02. The van der Waals surface area contributed by atoms with Gasteiger partial charge in [-0.05, 0) is 29.3 Å². The van der Waals surface area contributed by atoms with Gasteiger partial charge < -0.3 is 20.3 Å². The summed E-state index contributed by atoms with van der Waals surface area (Å²) in [7, 11) is 2.63. The summed E-state index contributed by atoms with van der Waals surface area (Å²) < 4.78 is 11.8. The molecule has 0 aliphatic heterocycles. The summed E-state index contributed by atoms with van der Waals surface area (Å²) in [6.07, 6.45) is 2.49. The summed E-state index contributed by atoms with van der Waals surface area (Å²) in [5.41, 5.74) is 5.34. The second-order valence-corrected chi connectivity index (χ2v) is 7.27. The Balaban J connectivity index is 1.77. The van der Waals surface area contributed by atoms with Crippen molar-refractivity contribution >= 4 is 23.6 Å². The number of anilines is 1. The van der Waals surface area contributed by atoms with Crippen molar-refractivity contribution < 1.29 is 24.2 Å². The van der Waals surface area contributed by atoms with Gasteiger partial charge in [-0.25, -0.2) is 9.59 Å². The molecule has 176 valence electrons. The van der Waals surface area contributed by atoms with E-state index in [1.165, 1.54) is 32.4 Å². The van der Waals surface area contributed by atoms with Crippen molar-refractivity contribution in [1.29, 1.82) is 0 Å². The molecule has 3 rings (SSSR count). The van der Waals surface area contributed by atoms with Crippen LogP contribution in [0.3, 0.4) is 0 Å². The number of nitrogen functional groups attached to an aromatic ring is 1. The number of phenolic OH excluding ortho intramolecular Hbond substituents is 1. The summed E-state index contributed by atoms with van der Waals surface area (Å²) in [5, 5.41) is 9.61. The lowest BCUT2D eigenvalue weighted by Gasteiger charge is -2.14. The van der Waals surface area contributed by atoms with Crippen LogP contribution in [0.5, 0.6) is 11.5 Å². The van der Waals surface area contributed by atoms with Crippen molar-refractivity contribution in [2.75, 3.05) is 19.5 Å². The van der Waals surface area contributed by atoms with Crippen molar-refractivity contribution in [3.8, 4) is 11.5 Å². The smallest absolute Gasteiger partial charge is 0.332 e. The minimum atomic E-state index is -0.875. The van der Waals surface area contributed by atoms with Gasteiger partial charge in [0.05, 0.1) is 13.7 Å². The average molecular weight is 465 g/mol. The van der Waals surface area contributed by atoms with Crippen LogP contribution in [0.4, 0.5) is 5.82 Å². The Morgan fingerprint density at radius 1 is 1.12 bits per heavy atom. The fourth-order valence-electron chi connectivity index (χ4n) is 3.18. The third-order valence-corrected chi connectivity index (χ3v) is 5.01. The van der Waals surface area contributed by atoms with Crippen molar-refractivity contribution in [3.05, 3.63) is 92.1 Å². The molecular weight excluding hydrogens is 442 g/mol. The molecule has 0 bridgehead atoms. The zero-order valence-corrected chi connectivity index (χ0v) is 18.6. The minimum absolute atomic E-state index is 0.0541. The van der Waals surface area contributed by atoms with Gasteiger partial charge in [0.2, 0.25) is 5.78 Å². The second kappa shape index (κ2) is 10.3. The zero-order valence-electron chi connectivity index (χ0n) is 18.6. The summed E-state index contributed by atoms with van der Waals surface area (Å²) >= 11 is 0. The topological polar surface area (TPSA) is 143 Å². The first kappa shape index (κ1) is 24.1. The molecule has 2 aromatic carbocycles. The van der Waals surface area contributed by atoms with E-state index in [9.17, 15) is 24.3 Å². The van der Waals surface area contributed by atoms with E-state index in [2.05, 4.69) is 0 Å². The largest absolute Gasteiger partial charge is 0.504 e. The van der Waals surface area contributed by atoms with E-state index < -0.39 is 35.2 Å². The second-order valence-electron chi connectivity index (χ2n) is 7.27. The van der Waals surface area contributed by atoms with Crippen LogP contribution in [0.15, 0.2) is 64.2 Å². The highest BCUT2D eigenvalue weighted by Gasteiger charge is 2.22. The third-order valence-electron chi connectivity index (χ3n) is 5.01. The van der Waals surface area contributed by atoms with Gasteiger partial charge in [-0.15, -0.1) is 0 Å². The Morgan fingerprint density at radius 2 is 1.82 bits per heavy atom. The molecule has 0 amide bonds. The maximum absolute atomic E-state index is 12.7. The Labute approximate surface area is 194 Å². The van der Waals surface area contributed by atoms with Crippen molar-refractivity contribution in [1.82, 2.24) is 9.13 Å². The van der Waals surface area contributed by atoms with Gasteiger partial charge >= 0.3 is 11.7 Å². The molecule has 0 aliphatic carbocycles. The molecule has 0 unspecified atom stereocenters. The number of hydrogen-bond donors (Lipinski definition) is 2. The van der Waals surface area contributed by atoms with E-state index in [-0.39, 0.29) is 23.9 Å². The average Bonchev–Trinajstić information content (AvgIpc) is 2.84. The van der Waals surface area contributed by atoms with Gasteiger partial charge in [0.1, 0.15) is 11.4 Å². The lowest BCUT2D eigenvalue weighted by atomic mass is 10.2. The van der Waals surface area contributed by atoms with Crippen LogP contribution in [-0.2, 0) is 23.1 Å². The molecule has 3 N–H and O–H groups in total. The predicted octanol–water partition coefficient (Wildman–Crippen LogP) is 1.33. The van der Waals surface area contributed by atoms with Gasteiger partial charge in [0.15, 0.2) is 18.1 Å². The van der Waals surface area contributed by atoms with E-state index in [4.69, 9.17) is 15.2 Å². The number of benzene rings is 2. The molecule has 0 atom stereocenters. The first-order chi connectivity index (χ1) is 16.2. The van der Waals surface area contributed by atoms with Crippen LogP contribution in [0.1, 0.15) is 21.5 Å². The highest BCUT2D eigenvalue weighted by Crippen LogP contribution is 2.26. The quantitative estimate of drug-likeness (QED) is 0.288. The molecule has 0 fully saturated rings. The number of nitrogens with two attached hydrogens (primary N) is 1. The first-order valence-corrected chi connectivity index (χ1v) is 10.1. The number of aromatic hydroxyl groups is 1. The number of carbonyl (C=O) groups is 2. The molecule has 0 saturated heterocycles. The van der Waals surface area contributed by atoms with E-state index in [1.807, 2.05) is 6.07 Å². The summed E-state index contributed by atoms with van der Waals surface area (Å²) in [6, 6.07) is 13.4. The van der Waals surface area contributed by atoms with E-state index in [1.54, 1.807) is 30.3 Å². The Bertz CT molecular complexity index is 1370.